The predicted molar refractivity (Wildman–Crippen MR) is 45.6 cm³/mol. The van der Waals surface area contributed by atoms with E-state index in [1.165, 1.54) is 6.92 Å². The molecule has 2 amide bonds. The Labute approximate surface area is 76.3 Å². The highest BCUT2D eigenvalue weighted by Gasteiger charge is 2.42. The van der Waals surface area contributed by atoms with Crippen molar-refractivity contribution in [3.05, 3.63) is 0 Å². The van der Waals surface area contributed by atoms with Crippen molar-refractivity contribution in [2.24, 2.45) is 5.73 Å². The number of nitrogens with one attached hydrogen (secondary N) is 1. The molecule has 5 heteroatoms. The zero-order chi connectivity index (χ0) is 10.1. The van der Waals surface area contributed by atoms with Crippen LogP contribution in [0.5, 0.6) is 0 Å². The van der Waals surface area contributed by atoms with Crippen LogP contribution < -0.4 is 11.1 Å². The van der Waals surface area contributed by atoms with Gasteiger partial charge in [-0.25, -0.2) is 0 Å². The Hall–Kier alpha value is -1.10. The molecule has 1 atom stereocenters. The normalized spacial score (nSPS) is 21.4. The highest BCUT2D eigenvalue weighted by atomic mass is 16.3. The van der Waals surface area contributed by atoms with Gasteiger partial charge in [-0.15, -0.1) is 0 Å². The van der Waals surface area contributed by atoms with Crippen LogP contribution in [0.3, 0.4) is 0 Å². The Morgan fingerprint density at radius 1 is 1.54 bits per heavy atom. The second-order valence-electron chi connectivity index (χ2n) is 3.48. The summed E-state index contributed by atoms with van der Waals surface area (Å²) in [6.07, 6.45) is 1.77. The summed E-state index contributed by atoms with van der Waals surface area (Å²) in [5.74, 6) is -1.10. The number of hydrogen-bond acceptors (Lipinski definition) is 3. The topological polar surface area (TPSA) is 92.4 Å². The number of primary amides is 1. The molecule has 0 heterocycles. The summed E-state index contributed by atoms with van der Waals surface area (Å²) in [4.78, 5) is 21.9. The van der Waals surface area contributed by atoms with Crippen LogP contribution in [0.2, 0.25) is 0 Å². The molecule has 5 nitrogen and oxygen atoms in total. The fraction of sp³-hybridized carbons (Fsp3) is 0.750. The summed E-state index contributed by atoms with van der Waals surface area (Å²) in [7, 11) is 0. The lowest BCUT2D eigenvalue weighted by molar-refractivity contribution is -0.150. The van der Waals surface area contributed by atoms with Crippen LogP contribution in [-0.2, 0) is 9.59 Å². The first kappa shape index (κ1) is 9.98. The van der Waals surface area contributed by atoms with Crippen LogP contribution in [0.15, 0.2) is 0 Å². The lowest BCUT2D eigenvalue weighted by Gasteiger charge is -2.35. The van der Waals surface area contributed by atoms with E-state index in [4.69, 9.17) is 5.73 Å². The first-order valence-corrected chi connectivity index (χ1v) is 4.28. The molecule has 4 N–H and O–H groups in total. The van der Waals surface area contributed by atoms with Gasteiger partial charge >= 0.3 is 0 Å². The standard InChI is InChI=1S/C8H14N2O3/c1-5(6(9)11)10-7(12)8(13)3-2-4-8/h5,13H,2-4H2,1H3,(H2,9,11)(H,10,12)/t5-/m0/s1. The van der Waals surface area contributed by atoms with E-state index in [1.54, 1.807) is 0 Å². The van der Waals surface area contributed by atoms with Crippen molar-refractivity contribution in [2.75, 3.05) is 0 Å². The average Bonchev–Trinajstić information content (AvgIpc) is 1.99. The third kappa shape index (κ3) is 1.98. The average molecular weight is 186 g/mol. The molecule has 0 aliphatic heterocycles. The van der Waals surface area contributed by atoms with E-state index in [9.17, 15) is 14.7 Å². The van der Waals surface area contributed by atoms with Crippen molar-refractivity contribution in [1.29, 1.82) is 0 Å². The minimum Gasteiger partial charge on any atom is -0.380 e. The lowest BCUT2D eigenvalue weighted by atomic mass is 9.79. The Kier molecular flexibility index (Phi) is 2.56. The van der Waals surface area contributed by atoms with Crippen LogP contribution in [0, 0.1) is 0 Å². The van der Waals surface area contributed by atoms with Gasteiger partial charge in [0.1, 0.15) is 11.6 Å². The molecule has 1 aliphatic rings. The maximum absolute atomic E-state index is 11.3. The highest BCUT2D eigenvalue weighted by Crippen LogP contribution is 2.31. The number of hydrogen-bond donors (Lipinski definition) is 3. The maximum atomic E-state index is 11.3. The van der Waals surface area contributed by atoms with Gasteiger partial charge in [0.05, 0.1) is 0 Å². The molecular formula is C8H14N2O3. The number of carbonyl (C=O) groups excluding carboxylic acids is 2. The summed E-state index contributed by atoms with van der Waals surface area (Å²) in [6.45, 7) is 1.49. The van der Waals surface area contributed by atoms with Crippen LogP contribution >= 0.6 is 0 Å². The summed E-state index contributed by atoms with van der Waals surface area (Å²) in [5.41, 5.74) is 3.69. The SMILES string of the molecule is C[C@H](NC(=O)C1(O)CCC1)C(N)=O. The summed E-state index contributed by atoms with van der Waals surface area (Å²) >= 11 is 0. The van der Waals surface area contributed by atoms with Gasteiger partial charge in [0.2, 0.25) is 5.91 Å². The Morgan fingerprint density at radius 2 is 2.08 bits per heavy atom. The minimum absolute atomic E-state index is 0.463. The van der Waals surface area contributed by atoms with Crippen molar-refractivity contribution < 1.29 is 14.7 Å². The van der Waals surface area contributed by atoms with Crippen molar-refractivity contribution in [3.8, 4) is 0 Å². The zero-order valence-electron chi connectivity index (χ0n) is 7.54. The third-order valence-electron chi connectivity index (χ3n) is 2.38. The molecule has 74 valence electrons. The quantitative estimate of drug-likeness (QED) is 0.522. The zero-order valence-corrected chi connectivity index (χ0v) is 7.54. The van der Waals surface area contributed by atoms with E-state index in [0.29, 0.717) is 12.8 Å². The second kappa shape index (κ2) is 3.33. The number of nitrogens with two attached hydrogens (primary N) is 1. The van der Waals surface area contributed by atoms with Gasteiger partial charge in [-0.1, -0.05) is 0 Å². The van der Waals surface area contributed by atoms with E-state index < -0.39 is 23.5 Å². The molecule has 13 heavy (non-hydrogen) atoms. The molecule has 0 spiro atoms. The number of carbonyl (C=O) groups is 2. The monoisotopic (exact) mass is 186 g/mol. The molecule has 0 aromatic rings. The highest BCUT2D eigenvalue weighted by molar-refractivity contribution is 5.90. The van der Waals surface area contributed by atoms with Crippen molar-refractivity contribution in [3.63, 3.8) is 0 Å². The molecule has 0 aromatic carbocycles. The molecule has 1 saturated carbocycles. The fourth-order valence-electron chi connectivity index (χ4n) is 1.14. The first-order chi connectivity index (χ1) is 5.96. The van der Waals surface area contributed by atoms with Gasteiger partial charge in [0, 0.05) is 0 Å². The van der Waals surface area contributed by atoms with Gasteiger partial charge in [0.15, 0.2) is 0 Å². The van der Waals surface area contributed by atoms with E-state index in [1.807, 2.05) is 0 Å². The second-order valence-corrected chi connectivity index (χ2v) is 3.48. The lowest BCUT2D eigenvalue weighted by Crippen LogP contribution is -2.55. The van der Waals surface area contributed by atoms with Crippen LogP contribution in [0.4, 0.5) is 0 Å². The Balaban J connectivity index is 2.45. The number of aliphatic hydroxyl groups is 1. The molecule has 0 bridgehead atoms. The van der Waals surface area contributed by atoms with Gasteiger partial charge in [-0.05, 0) is 26.2 Å². The summed E-state index contributed by atoms with van der Waals surface area (Å²) in [5, 5.41) is 11.9. The summed E-state index contributed by atoms with van der Waals surface area (Å²) in [6, 6.07) is -0.725. The Bertz CT molecular complexity index is 236. The molecule has 0 radical (unpaired) electrons. The van der Waals surface area contributed by atoms with Crippen molar-refractivity contribution in [2.45, 2.75) is 37.8 Å². The molecule has 1 fully saturated rings. The van der Waals surface area contributed by atoms with E-state index in [-0.39, 0.29) is 0 Å². The van der Waals surface area contributed by atoms with E-state index in [0.717, 1.165) is 6.42 Å². The van der Waals surface area contributed by atoms with Crippen molar-refractivity contribution >= 4 is 11.8 Å². The molecule has 1 rings (SSSR count). The predicted octanol–water partition coefficient (Wildman–Crippen LogP) is -1.11. The molecule has 1 aliphatic carbocycles. The minimum atomic E-state index is -1.26. The molecule has 0 unspecified atom stereocenters. The number of amides is 2. The molecule has 0 aromatic heterocycles. The van der Waals surface area contributed by atoms with Crippen molar-refractivity contribution in [1.82, 2.24) is 5.32 Å². The van der Waals surface area contributed by atoms with Gasteiger partial charge in [-0.2, -0.15) is 0 Å². The fourth-order valence-corrected chi connectivity index (χ4v) is 1.14. The summed E-state index contributed by atoms with van der Waals surface area (Å²) < 4.78 is 0. The van der Waals surface area contributed by atoms with E-state index in [2.05, 4.69) is 5.32 Å². The van der Waals surface area contributed by atoms with Crippen LogP contribution in [-0.4, -0.2) is 28.6 Å². The van der Waals surface area contributed by atoms with Crippen LogP contribution in [0.25, 0.3) is 0 Å². The molecule has 0 saturated heterocycles. The van der Waals surface area contributed by atoms with Gasteiger partial charge in [-0.3, -0.25) is 9.59 Å². The molecular weight excluding hydrogens is 172 g/mol. The van der Waals surface area contributed by atoms with Gasteiger partial charge in [0.25, 0.3) is 5.91 Å². The van der Waals surface area contributed by atoms with Gasteiger partial charge < -0.3 is 16.2 Å². The Morgan fingerprint density at radius 3 is 2.38 bits per heavy atom. The maximum Gasteiger partial charge on any atom is 0.252 e. The van der Waals surface area contributed by atoms with E-state index >= 15 is 0 Å². The first-order valence-electron chi connectivity index (χ1n) is 4.28. The smallest absolute Gasteiger partial charge is 0.252 e. The largest absolute Gasteiger partial charge is 0.380 e. The third-order valence-corrected chi connectivity index (χ3v) is 2.38. The van der Waals surface area contributed by atoms with Crippen LogP contribution in [0.1, 0.15) is 26.2 Å². The number of rotatable bonds is 3.